The lowest BCUT2D eigenvalue weighted by atomic mass is 9.99. The van der Waals surface area contributed by atoms with E-state index in [1.807, 2.05) is 32.0 Å². The van der Waals surface area contributed by atoms with Crippen LogP contribution in [0, 0.1) is 11.8 Å². The van der Waals surface area contributed by atoms with Crippen LogP contribution in [0.25, 0.3) is 0 Å². The summed E-state index contributed by atoms with van der Waals surface area (Å²) in [6.07, 6.45) is 1.26. The Morgan fingerprint density at radius 2 is 1.66 bits per heavy atom. The van der Waals surface area contributed by atoms with Gasteiger partial charge in [0.15, 0.2) is 11.5 Å². The Morgan fingerprint density at radius 3 is 2.41 bits per heavy atom. The van der Waals surface area contributed by atoms with Crippen molar-refractivity contribution in [1.29, 1.82) is 0 Å². The van der Waals surface area contributed by atoms with Gasteiger partial charge in [0.2, 0.25) is 24.5 Å². The number of fused-ring (bicyclic) bond motifs is 2. The summed E-state index contributed by atoms with van der Waals surface area (Å²) >= 11 is 0. The second-order valence-corrected chi connectivity index (χ2v) is 12.2. The highest BCUT2D eigenvalue weighted by Crippen LogP contribution is 2.32. The molecule has 0 bridgehead atoms. The molecule has 0 saturated carbocycles. The number of rotatable bonds is 8. The van der Waals surface area contributed by atoms with Crippen molar-refractivity contribution in [2.45, 2.75) is 71.5 Å². The van der Waals surface area contributed by atoms with E-state index in [-0.39, 0.29) is 55.7 Å². The number of amides is 4. The van der Waals surface area contributed by atoms with Gasteiger partial charge in [0, 0.05) is 13.6 Å². The number of benzene rings is 2. The molecule has 11 heteroatoms. The molecule has 2 aliphatic heterocycles. The fraction of sp³-hybridized carbons (Fsp3) is 0.515. The highest BCUT2D eigenvalue weighted by atomic mass is 16.7. The molecule has 2 aromatic carbocycles. The molecule has 2 heterocycles. The van der Waals surface area contributed by atoms with Crippen molar-refractivity contribution in [2.24, 2.45) is 11.8 Å². The summed E-state index contributed by atoms with van der Waals surface area (Å²) in [5, 5.41) is 8.43. The molecule has 11 nitrogen and oxygen atoms in total. The number of nitrogens with zero attached hydrogens (tertiary/aromatic N) is 1. The van der Waals surface area contributed by atoms with Gasteiger partial charge in [-0.2, -0.15) is 0 Å². The Morgan fingerprint density at radius 1 is 0.932 bits per heavy atom. The van der Waals surface area contributed by atoms with Gasteiger partial charge in [-0.15, -0.1) is 0 Å². The maximum atomic E-state index is 13.7. The molecule has 0 radical (unpaired) electrons. The van der Waals surface area contributed by atoms with Crippen LogP contribution in [0.4, 0.5) is 0 Å². The maximum absolute atomic E-state index is 13.7. The second kappa shape index (κ2) is 14.9. The first-order chi connectivity index (χ1) is 21.0. The van der Waals surface area contributed by atoms with E-state index >= 15 is 0 Å². The lowest BCUT2D eigenvalue weighted by Gasteiger charge is -2.33. The molecule has 3 atom stereocenters. The summed E-state index contributed by atoms with van der Waals surface area (Å²) in [6.45, 7) is 8.70. The smallest absolute Gasteiger partial charge is 0.255 e. The van der Waals surface area contributed by atoms with Gasteiger partial charge in [-0.05, 0) is 60.9 Å². The number of nitrogens with one attached hydrogen (secondary N) is 3. The van der Waals surface area contributed by atoms with Crippen LogP contribution in [0.2, 0.25) is 0 Å². The van der Waals surface area contributed by atoms with Crippen molar-refractivity contribution in [3.05, 3.63) is 53.6 Å². The van der Waals surface area contributed by atoms with Crippen molar-refractivity contribution >= 4 is 23.6 Å². The minimum Gasteiger partial charge on any atom is -0.491 e. The maximum Gasteiger partial charge on any atom is 0.255 e. The number of carbonyl (C=O) groups excluding carboxylic acids is 4. The largest absolute Gasteiger partial charge is 0.491 e. The quantitative estimate of drug-likeness (QED) is 0.419. The third kappa shape index (κ3) is 8.64. The number of ether oxygens (including phenoxy) is 3. The van der Waals surface area contributed by atoms with Crippen LogP contribution >= 0.6 is 0 Å². The van der Waals surface area contributed by atoms with Crippen molar-refractivity contribution in [1.82, 2.24) is 20.9 Å². The Bertz CT molecular complexity index is 1350. The molecule has 0 fully saturated rings. The van der Waals surface area contributed by atoms with E-state index in [4.69, 9.17) is 14.2 Å². The third-order valence-corrected chi connectivity index (χ3v) is 7.70. The fourth-order valence-electron chi connectivity index (χ4n) is 5.40. The summed E-state index contributed by atoms with van der Waals surface area (Å²) in [5.74, 6) is 0.281. The highest BCUT2D eigenvalue weighted by molar-refractivity contribution is 6.01. The lowest BCUT2D eigenvalue weighted by molar-refractivity contribution is -0.138. The average Bonchev–Trinajstić information content (AvgIpc) is 3.45. The standard InChI is InChI=1S/C33H44N4O7/c1-20(2)14-23-18-42-27-9-7-6-8-24(27)31(39)36-25(17-30(38)35-26(15-21(3)4)33(41)37(23)5)32(40)34-13-12-22-10-11-28-29(16-22)44-19-43-28/h6-11,16,20-21,23,25-26H,12-15,17-19H2,1-5H3,(H,34,40)(H,35,38)(H,36,39)/t23-,25-,26+/m0/s1. The van der Waals surface area contributed by atoms with Gasteiger partial charge in [-0.25, -0.2) is 0 Å². The molecule has 0 spiro atoms. The van der Waals surface area contributed by atoms with Gasteiger partial charge >= 0.3 is 0 Å². The zero-order chi connectivity index (χ0) is 31.8. The molecule has 0 aliphatic carbocycles. The van der Waals surface area contributed by atoms with Crippen LogP contribution in [-0.2, 0) is 20.8 Å². The lowest BCUT2D eigenvalue weighted by Crippen LogP contribution is -2.54. The molecule has 0 aromatic heterocycles. The van der Waals surface area contributed by atoms with Crippen LogP contribution in [0.3, 0.4) is 0 Å². The number of para-hydroxylation sites is 1. The Hall–Kier alpha value is -4.28. The summed E-state index contributed by atoms with van der Waals surface area (Å²) in [7, 11) is 1.72. The average molecular weight is 609 g/mol. The van der Waals surface area contributed by atoms with Gasteiger partial charge in [-0.3, -0.25) is 19.2 Å². The summed E-state index contributed by atoms with van der Waals surface area (Å²) in [6, 6.07) is 10.1. The molecule has 0 unspecified atom stereocenters. The normalized spacial score (nSPS) is 20.8. The Labute approximate surface area is 259 Å². The van der Waals surface area contributed by atoms with E-state index in [2.05, 4.69) is 29.8 Å². The van der Waals surface area contributed by atoms with Gasteiger partial charge < -0.3 is 35.1 Å². The van der Waals surface area contributed by atoms with Crippen molar-refractivity contribution < 1.29 is 33.4 Å². The molecule has 238 valence electrons. The number of likely N-dealkylation sites (N-methyl/N-ethyl adjacent to an activating group) is 1. The first kappa shape index (κ1) is 32.6. The number of hydrogen-bond acceptors (Lipinski definition) is 7. The molecular weight excluding hydrogens is 564 g/mol. The second-order valence-electron chi connectivity index (χ2n) is 12.2. The molecule has 44 heavy (non-hydrogen) atoms. The van der Waals surface area contributed by atoms with Crippen molar-refractivity contribution in [3.63, 3.8) is 0 Å². The molecule has 2 aromatic rings. The zero-order valence-electron chi connectivity index (χ0n) is 26.2. The predicted octanol–water partition coefficient (Wildman–Crippen LogP) is 3.06. The zero-order valence-corrected chi connectivity index (χ0v) is 26.2. The molecule has 0 saturated heterocycles. The minimum atomic E-state index is -1.18. The SMILES string of the molecule is CC(C)C[C@H]1COc2ccccc2C(=O)N[C@H](C(=O)NCCc2ccc3c(c2)OCO3)CC(=O)N[C@H](CC(C)C)C(=O)N1C. The molecule has 4 rings (SSSR count). The van der Waals surface area contributed by atoms with Crippen LogP contribution in [0.5, 0.6) is 17.2 Å². The highest BCUT2D eigenvalue weighted by Gasteiger charge is 2.33. The summed E-state index contributed by atoms with van der Waals surface area (Å²) in [5.41, 5.74) is 1.17. The first-order valence-corrected chi connectivity index (χ1v) is 15.3. The molecule has 4 amide bonds. The van der Waals surface area contributed by atoms with Crippen LogP contribution in [0.15, 0.2) is 42.5 Å². The van der Waals surface area contributed by atoms with E-state index < -0.39 is 29.8 Å². The fourth-order valence-corrected chi connectivity index (χ4v) is 5.40. The first-order valence-electron chi connectivity index (χ1n) is 15.3. The minimum absolute atomic E-state index is 0.123. The van der Waals surface area contributed by atoms with E-state index in [0.717, 1.165) is 5.56 Å². The molecule has 3 N–H and O–H groups in total. The predicted molar refractivity (Wildman–Crippen MR) is 164 cm³/mol. The van der Waals surface area contributed by atoms with E-state index in [9.17, 15) is 19.2 Å². The third-order valence-electron chi connectivity index (χ3n) is 7.70. The Balaban J connectivity index is 1.56. The number of hydrogen-bond donors (Lipinski definition) is 3. The van der Waals surface area contributed by atoms with Crippen LogP contribution in [0.1, 0.15) is 62.9 Å². The van der Waals surface area contributed by atoms with E-state index in [1.165, 1.54) is 0 Å². The van der Waals surface area contributed by atoms with Gasteiger partial charge in [0.25, 0.3) is 5.91 Å². The summed E-state index contributed by atoms with van der Waals surface area (Å²) < 4.78 is 16.9. The van der Waals surface area contributed by atoms with Crippen LogP contribution < -0.4 is 30.2 Å². The molecule has 2 aliphatic rings. The summed E-state index contributed by atoms with van der Waals surface area (Å²) in [4.78, 5) is 55.6. The molecular formula is C33H44N4O7. The monoisotopic (exact) mass is 608 g/mol. The van der Waals surface area contributed by atoms with Gasteiger partial charge in [0.05, 0.1) is 18.0 Å². The van der Waals surface area contributed by atoms with E-state index in [0.29, 0.717) is 36.5 Å². The number of carbonyl (C=O) groups is 4. The van der Waals surface area contributed by atoms with Crippen LogP contribution in [-0.4, -0.2) is 73.6 Å². The van der Waals surface area contributed by atoms with Crippen molar-refractivity contribution in [3.8, 4) is 17.2 Å². The van der Waals surface area contributed by atoms with E-state index in [1.54, 1.807) is 36.2 Å². The topological polar surface area (TPSA) is 135 Å². The van der Waals surface area contributed by atoms with Crippen molar-refractivity contribution in [2.75, 3.05) is 27.0 Å². The van der Waals surface area contributed by atoms with Gasteiger partial charge in [0.1, 0.15) is 24.4 Å². The Kier molecular flexibility index (Phi) is 11.1. The van der Waals surface area contributed by atoms with Gasteiger partial charge in [-0.1, -0.05) is 45.9 Å².